The van der Waals surface area contributed by atoms with Gasteiger partial charge in [0.15, 0.2) is 0 Å². The summed E-state index contributed by atoms with van der Waals surface area (Å²) in [6, 6.07) is 5.63. The first-order valence-electron chi connectivity index (χ1n) is 5.97. The molecule has 1 aromatic carbocycles. The van der Waals surface area contributed by atoms with Crippen LogP contribution >= 0.6 is 0 Å². The number of carbonyl (C=O) groups excluding carboxylic acids is 1. The number of carbonyl (C=O) groups is 1. The first-order chi connectivity index (χ1) is 8.11. The minimum atomic E-state index is -0.374. The number of rotatable bonds is 3. The highest BCUT2D eigenvalue weighted by molar-refractivity contribution is 5.93. The molecule has 0 bridgehead atoms. The van der Waals surface area contributed by atoms with Crippen molar-refractivity contribution in [3.8, 4) is 0 Å². The highest BCUT2D eigenvalue weighted by Gasteiger charge is 2.22. The highest BCUT2D eigenvalue weighted by Crippen LogP contribution is 2.27. The fraction of sp³-hybridized carbons (Fsp3) is 0.462. The standard InChI is InChI=1S/C13H19N3O/c1-9-6-11(13(15)17)2-3-12(9)16-5-4-10(7-14)8-16/h2-3,6,10H,4-5,7-8,14H2,1H3,(H2,15,17). The van der Waals surface area contributed by atoms with E-state index in [2.05, 4.69) is 4.90 Å². The molecule has 1 aliphatic rings. The third-order valence-electron chi connectivity index (χ3n) is 3.44. The Morgan fingerprint density at radius 2 is 2.29 bits per heavy atom. The van der Waals surface area contributed by atoms with Crippen molar-refractivity contribution < 1.29 is 4.79 Å². The van der Waals surface area contributed by atoms with Gasteiger partial charge in [-0.25, -0.2) is 0 Å². The maximum atomic E-state index is 11.1. The summed E-state index contributed by atoms with van der Waals surface area (Å²) < 4.78 is 0. The molecule has 1 fully saturated rings. The molecule has 1 heterocycles. The fourth-order valence-corrected chi connectivity index (χ4v) is 2.41. The summed E-state index contributed by atoms with van der Waals surface area (Å²) in [6.07, 6.45) is 1.15. The van der Waals surface area contributed by atoms with Gasteiger partial charge in [-0.3, -0.25) is 4.79 Å². The van der Waals surface area contributed by atoms with Crippen molar-refractivity contribution in [1.29, 1.82) is 0 Å². The van der Waals surface area contributed by atoms with Gasteiger partial charge < -0.3 is 16.4 Å². The molecular weight excluding hydrogens is 214 g/mol. The number of benzene rings is 1. The number of hydrogen-bond acceptors (Lipinski definition) is 3. The van der Waals surface area contributed by atoms with Gasteiger partial charge >= 0.3 is 0 Å². The molecule has 17 heavy (non-hydrogen) atoms. The average Bonchev–Trinajstić information content (AvgIpc) is 2.77. The molecule has 2 rings (SSSR count). The van der Waals surface area contributed by atoms with Crippen molar-refractivity contribution in [2.24, 2.45) is 17.4 Å². The van der Waals surface area contributed by atoms with Crippen molar-refractivity contribution in [3.05, 3.63) is 29.3 Å². The van der Waals surface area contributed by atoms with Crippen LogP contribution in [-0.2, 0) is 0 Å². The summed E-state index contributed by atoms with van der Waals surface area (Å²) in [5.74, 6) is 0.214. The molecule has 4 nitrogen and oxygen atoms in total. The minimum Gasteiger partial charge on any atom is -0.371 e. The predicted octanol–water partition coefficient (Wildman–Crippen LogP) is 0.879. The molecular formula is C13H19N3O. The molecule has 0 saturated carbocycles. The van der Waals surface area contributed by atoms with Crippen LogP contribution in [0.25, 0.3) is 0 Å². The molecule has 1 atom stereocenters. The topological polar surface area (TPSA) is 72.4 Å². The Morgan fingerprint density at radius 1 is 1.53 bits per heavy atom. The van der Waals surface area contributed by atoms with Gasteiger partial charge in [-0.1, -0.05) is 0 Å². The Labute approximate surface area is 102 Å². The first-order valence-corrected chi connectivity index (χ1v) is 5.97. The fourth-order valence-electron chi connectivity index (χ4n) is 2.41. The second kappa shape index (κ2) is 4.75. The minimum absolute atomic E-state index is 0.374. The molecule has 0 aliphatic carbocycles. The van der Waals surface area contributed by atoms with Crippen LogP contribution in [0.3, 0.4) is 0 Å². The molecule has 1 aliphatic heterocycles. The van der Waals surface area contributed by atoms with Crippen LogP contribution in [0.5, 0.6) is 0 Å². The van der Waals surface area contributed by atoms with E-state index >= 15 is 0 Å². The lowest BCUT2D eigenvalue weighted by molar-refractivity contribution is 0.1000. The number of nitrogens with zero attached hydrogens (tertiary/aromatic N) is 1. The Hall–Kier alpha value is -1.55. The van der Waals surface area contributed by atoms with Crippen LogP contribution < -0.4 is 16.4 Å². The molecule has 1 amide bonds. The van der Waals surface area contributed by atoms with Gasteiger partial charge in [0.2, 0.25) is 5.91 Å². The van der Waals surface area contributed by atoms with Gasteiger partial charge in [0.1, 0.15) is 0 Å². The maximum absolute atomic E-state index is 11.1. The third-order valence-corrected chi connectivity index (χ3v) is 3.44. The summed E-state index contributed by atoms with van der Waals surface area (Å²) in [6.45, 7) is 4.80. The maximum Gasteiger partial charge on any atom is 0.248 e. The van der Waals surface area contributed by atoms with E-state index < -0.39 is 0 Å². The summed E-state index contributed by atoms with van der Waals surface area (Å²) in [7, 11) is 0. The SMILES string of the molecule is Cc1cc(C(N)=O)ccc1N1CCC(CN)C1. The van der Waals surface area contributed by atoms with E-state index in [1.165, 1.54) is 5.69 Å². The van der Waals surface area contributed by atoms with Crippen molar-refractivity contribution in [2.45, 2.75) is 13.3 Å². The van der Waals surface area contributed by atoms with Crippen molar-refractivity contribution in [2.75, 3.05) is 24.5 Å². The molecule has 4 N–H and O–H groups in total. The molecule has 0 radical (unpaired) electrons. The van der Waals surface area contributed by atoms with Gasteiger partial charge in [0.05, 0.1) is 0 Å². The van der Waals surface area contributed by atoms with E-state index in [-0.39, 0.29) is 5.91 Å². The molecule has 0 aromatic heterocycles. The monoisotopic (exact) mass is 233 g/mol. The van der Waals surface area contributed by atoms with Crippen LogP contribution in [0.4, 0.5) is 5.69 Å². The molecule has 0 spiro atoms. The first kappa shape index (κ1) is 11.9. The zero-order valence-electron chi connectivity index (χ0n) is 10.1. The van der Waals surface area contributed by atoms with Crippen LogP contribution in [0.1, 0.15) is 22.3 Å². The summed E-state index contributed by atoms with van der Waals surface area (Å²) in [5, 5.41) is 0. The summed E-state index contributed by atoms with van der Waals surface area (Å²) in [4.78, 5) is 13.4. The molecule has 92 valence electrons. The van der Waals surface area contributed by atoms with Crippen LogP contribution in [-0.4, -0.2) is 25.5 Å². The zero-order valence-corrected chi connectivity index (χ0v) is 10.1. The number of nitrogens with two attached hydrogens (primary N) is 2. The van der Waals surface area contributed by atoms with Crippen molar-refractivity contribution >= 4 is 11.6 Å². The van der Waals surface area contributed by atoms with Gasteiger partial charge in [-0.15, -0.1) is 0 Å². The third kappa shape index (κ3) is 2.42. The number of amides is 1. The van der Waals surface area contributed by atoms with E-state index in [9.17, 15) is 4.79 Å². The number of anilines is 1. The van der Waals surface area contributed by atoms with Crippen LogP contribution in [0.15, 0.2) is 18.2 Å². The quantitative estimate of drug-likeness (QED) is 0.814. The van der Waals surface area contributed by atoms with Crippen LogP contribution in [0.2, 0.25) is 0 Å². The van der Waals surface area contributed by atoms with Crippen LogP contribution in [0, 0.1) is 12.8 Å². The Morgan fingerprint density at radius 3 is 2.82 bits per heavy atom. The van der Waals surface area contributed by atoms with E-state index in [0.717, 1.165) is 31.6 Å². The lowest BCUT2D eigenvalue weighted by Crippen LogP contribution is -2.23. The number of aryl methyl sites for hydroxylation is 1. The Balaban J connectivity index is 2.20. The van der Waals surface area contributed by atoms with Gasteiger partial charge in [-0.2, -0.15) is 0 Å². The van der Waals surface area contributed by atoms with E-state index in [4.69, 9.17) is 11.5 Å². The van der Waals surface area contributed by atoms with Crippen molar-refractivity contribution in [1.82, 2.24) is 0 Å². The summed E-state index contributed by atoms with van der Waals surface area (Å²) in [5.41, 5.74) is 13.8. The second-order valence-corrected chi connectivity index (χ2v) is 4.70. The molecule has 1 aromatic rings. The Bertz CT molecular complexity index is 431. The van der Waals surface area contributed by atoms with E-state index in [1.54, 1.807) is 6.07 Å². The van der Waals surface area contributed by atoms with E-state index in [1.807, 2.05) is 19.1 Å². The molecule has 1 unspecified atom stereocenters. The molecule has 4 heteroatoms. The van der Waals surface area contributed by atoms with Gasteiger partial charge in [0, 0.05) is 24.3 Å². The molecule has 1 saturated heterocycles. The highest BCUT2D eigenvalue weighted by atomic mass is 16.1. The Kier molecular flexibility index (Phi) is 3.33. The smallest absolute Gasteiger partial charge is 0.248 e. The van der Waals surface area contributed by atoms with E-state index in [0.29, 0.717) is 11.5 Å². The van der Waals surface area contributed by atoms with Gasteiger partial charge in [0.25, 0.3) is 0 Å². The number of hydrogen-bond donors (Lipinski definition) is 2. The largest absolute Gasteiger partial charge is 0.371 e. The average molecular weight is 233 g/mol. The van der Waals surface area contributed by atoms with Gasteiger partial charge in [-0.05, 0) is 49.6 Å². The lowest BCUT2D eigenvalue weighted by Gasteiger charge is -2.21. The number of primary amides is 1. The normalized spacial score (nSPS) is 19.6. The van der Waals surface area contributed by atoms with Crippen molar-refractivity contribution in [3.63, 3.8) is 0 Å². The predicted molar refractivity (Wildman–Crippen MR) is 69.1 cm³/mol. The second-order valence-electron chi connectivity index (χ2n) is 4.70. The summed E-state index contributed by atoms with van der Waals surface area (Å²) >= 11 is 0. The lowest BCUT2D eigenvalue weighted by atomic mass is 10.1. The zero-order chi connectivity index (χ0) is 12.4.